The first kappa shape index (κ1) is 20.9. The minimum absolute atomic E-state index is 0.110. The van der Waals surface area contributed by atoms with Gasteiger partial charge in [0.1, 0.15) is 0 Å². The fourth-order valence-corrected chi connectivity index (χ4v) is 4.93. The number of aryl methyl sites for hydroxylation is 1. The third-order valence-electron chi connectivity index (χ3n) is 4.89. The number of hydrogen-bond donors (Lipinski definition) is 0. The summed E-state index contributed by atoms with van der Waals surface area (Å²) in [4.78, 5) is 0.953. The highest BCUT2D eigenvalue weighted by Crippen LogP contribution is 2.38. The van der Waals surface area contributed by atoms with E-state index in [2.05, 4.69) is 44.0 Å². The maximum atomic E-state index is 6.09. The predicted molar refractivity (Wildman–Crippen MR) is 128 cm³/mol. The highest BCUT2D eigenvalue weighted by Gasteiger charge is 2.23. The summed E-state index contributed by atoms with van der Waals surface area (Å²) in [5, 5.41) is 20.8. The van der Waals surface area contributed by atoms with E-state index in [1.165, 1.54) is 11.8 Å². The second-order valence-electron chi connectivity index (χ2n) is 7.12. The Balaban J connectivity index is 1.52. The molecule has 0 bridgehead atoms. The molecule has 2 aromatic carbocycles. The molecule has 0 spiro atoms. The lowest BCUT2D eigenvalue weighted by Crippen LogP contribution is -2.02. The van der Waals surface area contributed by atoms with Gasteiger partial charge in [0, 0.05) is 10.6 Å². The zero-order chi connectivity index (χ0) is 22.1. The van der Waals surface area contributed by atoms with Gasteiger partial charge in [0.15, 0.2) is 11.0 Å². The van der Waals surface area contributed by atoms with E-state index in [1.54, 1.807) is 11.3 Å². The predicted octanol–water partition coefficient (Wildman–Crippen LogP) is 6.86. The monoisotopic (exact) mass is 479 g/mol. The van der Waals surface area contributed by atoms with Gasteiger partial charge in [0.2, 0.25) is 5.89 Å². The molecular formula is C23H18ClN5OS2. The van der Waals surface area contributed by atoms with E-state index < -0.39 is 0 Å². The highest BCUT2D eigenvalue weighted by molar-refractivity contribution is 7.99. The van der Waals surface area contributed by atoms with Crippen molar-refractivity contribution in [2.45, 2.75) is 24.3 Å². The van der Waals surface area contributed by atoms with Crippen LogP contribution in [0.15, 0.2) is 75.6 Å². The number of benzene rings is 2. The van der Waals surface area contributed by atoms with Gasteiger partial charge in [-0.1, -0.05) is 47.6 Å². The van der Waals surface area contributed by atoms with Crippen molar-refractivity contribution in [1.82, 2.24) is 25.0 Å². The molecule has 0 aliphatic carbocycles. The van der Waals surface area contributed by atoms with E-state index in [-0.39, 0.29) is 5.25 Å². The minimum atomic E-state index is -0.110. The first-order valence-corrected chi connectivity index (χ1v) is 12.0. The van der Waals surface area contributed by atoms with Crippen LogP contribution in [0.1, 0.15) is 23.6 Å². The molecule has 3 aromatic heterocycles. The van der Waals surface area contributed by atoms with Crippen LogP contribution in [0.25, 0.3) is 27.8 Å². The quantitative estimate of drug-likeness (QED) is 0.248. The van der Waals surface area contributed by atoms with Crippen molar-refractivity contribution in [2.24, 2.45) is 0 Å². The number of para-hydroxylation sites is 1. The smallest absolute Gasteiger partial charge is 0.257 e. The summed E-state index contributed by atoms with van der Waals surface area (Å²) in [6, 6.07) is 19.7. The summed E-state index contributed by atoms with van der Waals surface area (Å²) < 4.78 is 8.00. The summed E-state index contributed by atoms with van der Waals surface area (Å²) in [5.41, 5.74) is 3.07. The second kappa shape index (κ2) is 8.90. The standard InChI is InChI=1S/C23H18ClN5OS2/c1-14-6-3-4-7-18(14)29-20(16-9-11-17(24)12-10-16)25-28-23(29)32-15(2)21-26-27-22(30-21)19-8-5-13-31-19/h3-13,15H,1-2H3/t15-/m1/s1. The van der Waals surface area contributed by atoms with Crippen LogP contribution in [0.3, 0.4) is 0 Å². The molecule has 9 heteroatoms. The van der Waals surface area contributed by atoms with E-state index in [4.69, 9.17) is 16.0 Å². The summed E-state index contributed by atoms with van der Waals surface area (Å²) in [6.45, 7) is 4.10. The number of halogens is 1. The van der Waals surface area contributed by atoms with Gasteiger partial charge in [-0.05, 0) is 61.2 Å². The Morgan fingerprint density at radius 3 is 2.53 bits per heavy atom. The molecule has 32 heavy (non-hydrogen) atoms. The Morgan fingerprint density at radius 1 is 0.969 bits per heavy atom. The lowest BCUT2D eigenvalue weighted by atomic mass is 10.1. The van der Waals surface area contributed by atoms with Crippen molar-refractivity contribution in [2.75, 3.05) is 0 Å². The minimum Gasteiger partial charge on any atom is -0.419 e. The van der Waals surface area contributed by atoms with Gasteiger partial charge in [-0.3, -0.25) is 4.57 Å². The van der Waals surface area contributed by atoms with Crippen molar-refractivity contribution in [3.8, 4) is 27.8 Å². The highest BCUT2D eigenvalue weighted by atomic mass is 35.5. The molecule has 0 unspecified atom stereocenters. The molecule has 0 amide bonds. The van der Waals surface area contributed by atoms with Gasteiger partial charge >= 0.3 is 0 Å². The van der Waals surface area contributed by atoms with Gasteiger partial charge in [-0.25, -0.2) is 0 Å². The fourth-order valence-electron chi connectivity index (χ4n) is 3.27. The van der Waals surface area contributed by atoms with Gasteiger partial charge in [-0.15, -0.1) is 31.7 Å². The Hall–Kier alpha value is -2.94. The van der Waals surface area contributed by atoms with E-state index in [9.17, 15) is 0 Å². The molecule has 5 aromatic rings. The molecule has 0 radical (unpaired) electrons. The molecule has 0 N–H and O–H groups in total. The SMILES string of the molecule is Cc1ccccc1-n1c(S[C@H](C)c2nnc(-c3cccs3)o2)nnc1-c1ccc(Cl)cc1. The molecule has 0 aliphatic rings. The number of rotatable bonds is 6. The maximum absolute atomic E-state index is 6.09. The van der Waals surface area contributed by atoms with Crippen molar-refractivity contribution in [3.63, 3.8) is 0 Å². The van der Waals surface area contributed by atoms with Gasteiger partial charge < -0.3 is 4.42 Å². The summed E-state index contributed by atoms with van der Waals surface area (Å²) in [5.74, 6) is 1.82. The average Bonchev–Trinajstić information content (AvgIpc) is 3.55. The van der Waals surface area contributed by atoms with Crippen LogP contribution in [0.5, 0.6) is 0 Å². The van der Waals surface area contributed by atoms with Crippen LogP contribution < -0.4 is 0 Å². The number of thiophene rings is 1. The summed E-state index contributed by atoms with van der Waals surface area (Å²) in [6.07, 6.45) is 0. The fraction of sp³-hybridized carbons (Fsp3) is 0.130. The third-order valence-corrected chi connectivity index (χ3v) is 7.03. The molecule has 5 rings (SSSR count). The molecule has 1 atom stereocenters. The van der Waals surface area contributed by atoms with E-state index in [0.29, 0.717) is 16.8 Å². The molecule has 160 valence electrons. The second-order valence-corrected chi connectivity index (χ2v) is 9.81. The summed E-state index contributed by atoms with van der Waals surface area (Å²) >= 11 is 9.19. The molecule has 0 aliphatic heterocycles. The molecule has 0 saturated heterocycles. The number of thioether (sulfide) groups is 1. The van der Waals surface area contributed by atoms with E-state index in [0.717, 1.165) is 32.7 Å². The zero-order valence-corrected chi connectivity index (χ0v) is 19.7. The Morgan fingerprint density at radius 2 is 1.78 bits per heavy atom. The van der Waals surface area contributed by atoms with Crippen molar-refractivity contribution in [1.29, 1.82) is 0 Å². The Kier molecular flexibility index (Phi) is 5.82. The largest absolute Gasteiger partial charge is 0.419 e. The van der Waals surface area contributed by atoms with Crippen LogP contribution in [-0.4, -0.2) is 25.0 Å². The lowest BCUT2D eigenvalue weighted by molar-refractivity contribution is 0.510. The van der Waals surface area contributed by atoms with Crippen LogP contribution in [0, 0.1) is 6.92 Å². The zero-order valence-electron chi connectivity index (χ0n) is 17.3. The van der Waals surface area contributed by atoms with Crippen molar-refractivity contribution >= 4 is 34.7 Å². The maximum Gasteiger partial charge on any atom is 0.257 e. The van der Waals surface area contributed by atoms with Crippen LogP contribution in [-0.2, 0) is 0 Å². The van der Waals surface area contributed by atoms with Crippen LogP contribution in [0.4, 0.5) is 0 Å². The van der Waals surface area contributed by atoms with Crippen LogP contribution in [0.2, 0.25) is 5.02 Å². The average molecular weight is 480 g/mol. The molecule has 0 saturated carbocycles. The van der Waals surface area contributed by atoms with Crippen molar-refractivity contribution < 1.29 is 4.42 Å². The molecule has 0 fully saturated rings. The molecule has 3 heterocycles. The van der Waals surface area contributed by atoms with E-state index in [1.807, 2.05) is 60.8 Å². The van der Waals surface area contributed by atoms with Gasteiger partial charge in [-0.2, -0.15) is 0 Å². The number of hydrogen-bond acceptors (Lipinski definition) is 7. The normalized spacial score (nSPS) is 12.2. The van der Waals surface area contributed by atoms with Gasteiger partial charge in [0.25, 0.3) is 5.89 Å². The van der Waals surface area contributed by atoms with Gasteiger partial charge in [0.05, 0.1) is 15.8 Å². The topological polar surface area (TPSA) is 69.6 Å². The third kappa shape index (κ3) is 4.09. The van der Waals surface area contributed by atoms with Crippen molar-refractivity contribution in [3.05, 3.63) is 82.5 Å². The number of aromatic nitrogens is 5. The molecule has 6 nitrogen and oxygen atoms in total. The Labute approximate surface area is 198 Å². The lowest BCUT2D eigenvalue weighted by Gasteiger charge is -2.14. The molecular weight excluding hydrogens is 462 g/mol. The summed E-state index contributed by atoms with van der Waals surface area (Å²) in [7, 11) is 0. The first-order valence-electron chi connectivity index (χ1n) is 9.91. The van der Waals surface area contributed by atoms with Crippen LogP contribution >= 0.6 is 34.7 Å². The Bertz CT molecular complexity index is 1350. The number of nitrogens with zero attached hydrogens (tertiary/aromatic N) is 5. The van der Waals surface area contributed by atoms with E-state index >= 15 is 0 Å². The first-order chi connectivity index (χ1) is 15.6.